The van der Waals surface area contributed by atoms with Gasteiger partial charge in [-0.25, -0.2) is 0 Å². The number of hydrogen-bond donors (Lipinski definition) is 1. The number of hydrogen-bond acceptors (Lipinski definition) is 4. The Morgan fingerprint density at radius 2 is 1.90 bits per heavy atom. The summed E-state index contributed by atoms with van der Waals surface area (Å²) in [5, 5.41) is 3.23. The molecule has 0 saturated heterocycles. The highest BCUT2D eigenvalue weighted by Crippen LogP contribution is 2.12. The maximum Gasteiger partial charge on any atom is 0.307 e. The molecule has 0 saturated carbocycles. The third kappa shape index (κ3) is 7.14. The summed E-state index contributed by atoms with van der Waals surface area (Å²) in [6.45, 7) is 9.26. The van der Waals surface area contributed by atoms with Gasteiger partial charge in [-0.3, -0.25) is 4.79 Å². The van der Waals surface area contributed by atoms with Crippen molar-refractivity contribution in [1.82, 2.24) is 0 Å². The van der Waals surface area contributed by atoms with E-state index in [-0.39, 0.29) is 11.6 Å². The van der Waals surface area contributed by atoms with Crippen molar-refractivity contribution in [3.63, 3.8) is 0 Å². The minimum Gasteiger partial charge on any atom is -0.463 e. The number of para-hydroxylation sites is 1. The van der Waals surface area contributed by atoms with E-state index in [0.717, 1.165) is 5.69 Å². The lowest BCUT2D eigenvalue weighted by Gasteiger charge is -2.19. The van der Waals surface area contributed by atoms with Gasteiger partial charge in [-0.1, -0.05) is 18.2 Å². The van der Waals surface area contributed by atoms with Crippen LogP contribution in [0.1, 0.15) is 32.8 Å². The van der Waals surface area contributed by atoms with Crippen LogP contribution in [0.3, 0.4) is 0 Å². The van der Waals surface area contributed by atoms with E-state index in [9.17, 15) is 4.79 Å². The molecule has 1 N–H and O–H groups in total. The Hall–Kier alpha value is -1.55. The van der Waals surface area contributed by atoms with Gasteiger partial charge in [0.2, 0.25) is 0 Å². The van der Waals surface area contributed by atoms with Gasteiger partial charge in [-0.15, -0.1) is 0 Å². The molecule has 4 nitrogen and oxygen atoms in total. The molecule has 0 aliphatic carbocycles. The fourth-order valence-electron chi connectivity index (χ4n) is 1.65. The zero-order chi connectivity index (χ0) is 15.0. The molecule has 0 radical (unpaired) electrons. The second-order valence-corrected chi connectivity index (χ2v) is 5.67. The maximum absolute atomic E-state index is 11.5. The number of nitrogens with one attached hydrogen (secondary N) is 1. The predicted octanol–water partition coefficient (Wildman–Crippen LogP) is 3.16. The molecule has 0 amide bonds. The van der Waals surface area contributed by atoms with Crippen molar-refractivity contribution in [3.8, 4) is 0 Å². The number of rotatable bonds is 7. The van der Waals surface area contributed by atoms with Gasteiger partial charge in [0.25, 0.3) is 0 Å². The number of benzene rings is 1. The van der Waals surface area contributed by atoms with Crippen LogP contribution in [0, 0.1) is 6.92 Å². The Bertz CT molecular complexity index is 424. The van der Waals surface area contributed by atoms with E-state index in [1.807, 2.05) is 52.0 Å². The van der Waals surface area contributed by atoms with E-state index in [0.29, 0.717) is 26.2 Å². The van der Waals surface area contributed by atoms with Crippen molar-refractivity contribution < 1.29 is 14.3 Å². The van der Waals surface area contributed by atoms with E-state index in [2.05, 4.69) is 5.32 Å². The lowest BCUT2D eigenvalue weighted by atomic mass is 10.2. The monoisotopic (exact) mass is 279 g/mol. The number of aryl methyl sites for hydroxylation is 1. The van der Waals surface area contributed by atoms with E-state index >= 15 is 0 Å². The van der Waals surface area contributed by atoms with Gasteiger partial charge >= 0.3 is 5.97 Å². The van der Waals surface area contributed by atoms with Crippen molar-refractivity contribution in [1.29, 1.82) is 0 Å². The third-order valence-corrected chi connectivity index (χ3v) is 2.67. The molecule has 0 bridgehead atoms. The Labute approximate surface area is 121 Å². The SMILES string of the molecule is Cc1ccccc1NCCC(=O)OCCOC(C)(C)C. The molecule has 1 aromatic carbocycles. The third-order valence-electron chi connectivity index (χ3n) is 2.67. The molecular formula is C16H25NO3. The van der Waals surface area contributed by atoms with Crippen LogP contribution >= 0.6 is 0 Å². The predicted molar refractivity (Wildman–Crippen MR) is 80.9 cm³/mol. The van der Waals surface area contributed by atoms with Crippen molar-refractivity contribution in [3.05, 3.63) is 29.8 Å². The molecule has 1 aromatic rings. The number of esters is 1. The summed E-state index contributed by atoms with van der Waals surface area (Å²) >= 11 is 0. The van der Waals surface area contributed by atoms with E-state index in [4.69, 9.17) is 9.47 Å². The van der Waals surface area contributed by atoms with Crippen LogP contribution in [0.2, 0.25) is 0 Å². The quantitative estimate of drug-likeness (QED) is 0.615. The van der Waals surface area contributed by atoms with E-state index in [1.54, 1.807) is 0 Å². The molecule has 0 spiro atoms. The summed E-state index contributed by atoms with van der Waals surface area (Å²) in [7, 11) is 0. The first-order valence-corrected chi connectivity index (χ1v) is 6.97. The van der Waals surface area contributed by atoms with Crippen LogP contribution in [0.25, 0.3) is 0 Å². The molecule has 0 fully saturated rings. The Morgan fingerprint density at radius 1 is 1.20 bits per heavy atom. The zero-order valence-corrected chi connectivity index (χ0v) is 12.9. The highest BCUT2D eigenvalue weighted by Gasteiger charge is 2.10. The molecule has 20 heavy (non-hydrogen) atoms. The maximum atomic E-state index is 11.5. The summed E-state index contributed by atoms with van der Waals surface area (Å²) in [5.41, 5.74) is 2.02. The van der Waals surface area contributed by atoms with E-state index < -0.39 is 0 Å². The first-order valence-electron chi connectivity index (χ1n) is 6.97. The van der Waals surface area contributed by atoms with Crippen molar-refractivity contribution in [2.45, 2.75) is 39.7 Å². The first kappa shape index (κ1) is 16.5. The number of carbonyl (C=O) groups excluding carboxylic acids is 1. The van der Waals surface area contributed by atoms with Crippen molar-refractivity contribution in [2.24, 2.45) is 0 Å². The van der Waals surface area contributed by atoms with Crippen LogP contribution in [-0.4, -0.2) is 31.3 Å². The van der Waals surface area contributed by atoms with Gasteiger partial charge in [0, 0.05) is 12.2 Å². The molecule has 0 aliphatic rings. The van der Waals surface area contributed by atoms with Crippen molar-refractivity contribution in [2.75, 3.05) is 25.1 Å². The van der Waals surface area contributed by atoms with Crippen LogP contribution < -0.4 is 5.32 Å². The Morgan fingerprint density at radius 3 is 2.55 bits per heavy atom. The molecule has 0 unspecified atom stereocenters. The summed E-state index contributed by atoms with van der Waals surface area (Å²) < 4.78 is 10.6. The lowest BCUT2D eigenvalue weighted by molar-refractivity contribution is -0.146. The first-order chi connectivity index (χ1) is 9.38. The fourth-order valence-corrected chi connectivity index (χ4v) is 1.65. The normalized spacial score (nSPS) is 11.2. The summed E-state index contributed by atoms with van der Waals surface area (Å²) in [6.07, 6.45) is 0.351. The van der Waals surface area contributed by atoms with E-state index in [1.165, 1.54) is 5.56 Å². The average Bonchev–Trinajstić information content (AvgIpc) is 2.36. The van der Waals surface area contributed by atoms with Crippen LogP contribution in [0.5, 0.6) is 0 Å². The van der Waals surface area contributed by atoms with Crippen LogP contribution in [-0.2, 0) is 14.3 Å². The van der Waals surface area contributed by atoms with Crippen LogP contribution in [0.4, 0.5) is 5.69 Å². The van der Waals surface area contributed by atoms with Crippen molar-refractivity contribution >= 4 is 11.7 Å². The van der Waals surface area contributed by atoms with Gasteiger partial charge in [0.1, 0.15) is 6.61 Å². The van der Waals surface area contributed by atoms with Gasteiger partial charge < -0.3 is 14.8 Å². The molecule has 0 aromatic heterocycles. The van der Waals surface area contributed by atoms with Gasteiger partial charge in [-0.2, -0.15) is 0 Å². The van der Waals surface area contributed by atoms with Gasteiger partial charge in [-0.05, 0) is 39.3 Å². The summed E-state index contributed by atoms with van der Waals surface area (Å²) in [4.78, 5) is 11.5. The summed E-state index contributed by atoms with van der Waals surface area (Å²) in [6, 6.07) is 7.99. The summed E-state index contributed by atoms with van der Waals surface area (Å²) in [5.74, 6) is -0.205. The Balaban J connectivity index is 2.13. The lowest BCUT2D eigenvalue weighted by Crippen LogP contribution is -2.23. The molecular weight excluding hydrogens is 254 g/mol. The van der Waals surface area contributed by atoms with Gasteiger partial charge in [0.05, 0.1) is 18.6 Å². The Kier molecular flexibility index (Phi) is 6.52. The largest absolute Gasteiger partial charge is 0.463 e. The minimum atomic E-state index is -0.205. The molecule has 4 heteroatoms. The topological polar surface area (TPSA) is 47.6 Å². The standard InChI is InChI=1S/C16H25NO3/c1-13-7-5-6-8-14(13)17-10-9-15(18)19-11-12-20-16(2,3)4/h5-8,17H,9-12H2,1-4H3. The smallest absolute Gasteiger partial charge is 0.307 e. The number of carbonyl (C=O) groups is 1. The number of anilines is 1. The minimum absolute atomic E-state index is 0.196. The second-order valence-electron chi connectivity index (χ2n) is 5.67. The van der Waals surface area contributed by atoms with Gasteiger partial charge in [0.15, 0.2) is 0 Å². The fraction of sp³-hybridized carbons (Fsp3) is 0.562. The zero-order valence-electron chi connectivity index (χ0n) is 12.9. The molecule has 0 aliphatic heterocycles. The molecule has 0 heterocycles. The second kappa shape index (κ2) is 7.90. The van der Waals surface area contributed by atoms with Crippen LogP contribution in [0.15, 0.2) is 24.3 Å². The average molecular weight is 279 g/mol. The number of ether oxygens (including phenoxy) is 2. The highest BCUT2D eigenvalue weighted by molar-refractivity contribution is 5.70. The highest BCUT2D eigenvalue weighted by atomic mass is 16.6. The molecule has 1 rings (SSSR count). The molecule has 112 valence electrons. The molecule has 0 atom stereocenters.